The summed E-state index contributed by atoms with van der Waals surface area (Å²) in [5, 5.41) is 2.16. The topological polar surface area (TPSA) is 26.0 Å². The van der Waals surface area contributed by atoms with Crippen molar-refractivity contribution in [3.63, 3.8) is 0 Å². The van der Waals surface area contributed by atoms with Crippen LogP contribution < -0.4 is 5.73 Å². The molecule has 0 amide bonds. The van der Waals surface area contributed by atoms with Crippen molar-refractivity contribution in [3.05, 3.63) is 21.9 Å². The van der Waals surface area contributed by atoms with Crippen LogP contribution in [-0.2, 0) is 0 Å². The average Bonchev–Trinajstić information content (AvgIpc) is 2.66. The van der Waals surface area contributed by atoms with Crippen LogP contribution in [0, 0.1) is 12.8 Å². The minimum Gasteiger partial charge on any atom is -0.323 e. The first kappa shape index (κ1) is 11.2. The van der Waals surface area contributed by atoms with E-state index < -0.39 is 0 Å². The van der Waals surface area contributed by atoms with Crippen LogP contribution in [0.15, 0.2) is 11.4 Å². The van der Waals surface area contributed by atoms with Gasteiger partial charge in [0.15, 0.2) is 0 Å². The van der Waals surface area contributed by atoms with Gasteiger partial charge in [-0.2, -0.15) is 0 Å². The number of rotatable bonds is 3. The van der Waals surface area contributed by atoms with Crippen LogP contribution in [-0.4, -0.2) is 0 Å². The minimum atomic E-state index is 0.285. The molecule has 1 aromatic heterocycles. The molecular formula is C13H21NS. The van der Waals surface area contributed by atoms with Crippen LogP contribution in [0.2, 0.25) is 0 Å². The Morgan fingerprint density at radius 1 is 1.40 bits per heavy atom. The Hall–Kier alpha value is -0.340. The first-order chi connectivity index (χ1) is 7.27. The fraction of sp³-hybridized carbons (Fsp3) is 0.692. The molecule has 1 unspecified atom stereocenters. The fourth-order valence-corrected chi connectivity index (χ4v) is 3.60. The number of thiophene rings is 1. The molecule has 0 bridgehead atoms. The third-order valence-corrected chi connectivity index (χ3v) is 4.70. The summed E-state index contributed by atoms with van der Waals surface area (Å²) in [5.41, 5.74) is 7.66. The summed E-state index contributed by atoms with van der Waals surface area (Å²) in [6.45, 7) is 2.17. The van der Waals surface area contributed by atoms with Gasteiger partial charge in [-0.1, -0.05) is 32.1 Å². The summed E-state index contributed by atoms with van der Waals surface area (Å²) in [6, 6.07) is 2.47. The van der Waals surface area contributed by atoms with Gasteiger partial charge in [0, 0.05) is 10.9 Å². The van der Waals surface area contributed by atoms with Gasteiger partial charge in [0.2, 0.25) is 0 Å². The van der Waals surface area contributed by atoms with Crippen molar-refractivity contribution in [2.75, 3.05) is 0 Å². The Balaban J connectivity index is 1.91. The van der Waals surface area contributed by atoms with Crippen molar-refractivity contribution in [1.29, 1.82) is 0 Å². The average molecular weight is 223 g/mol. The zero-order chi connectivity index (χ0) is 10.7. The number of hydrogen-bond acceptors (Lipinski definition) is 2. The van der Waals surface area contributed by atoms with Gasteiger partial charge in [-0.3, -0.25) is 0 Å². The number of hydrogen-bond donors (Lipinski definition) is 1. The Bertz CT molecular complexity index is 299. The van der Waals surface area contributed by atoms with Gasteiger partial charge in [-0.05, 0) is 36.3 Å². The summed E-state index contributed by atoms with van der Waals surface area (Å²) < 4.78 is 0. The van der Waals surface area contributed by atoms with E-state index in [1.54, 1.807) is 0 Å². The third-order valence-electron chi connectivity index (χ3n) is 3.55. The molecule has 0 aliphatic heterocycles. The highest BCUT2D eigenvalue weighted by Gasteiger charge is 2.19. The van der Waals surface area contributed by atoms with Crippen LogP contribution in [0.25, 0.3) is 0 Å². The summed E-state index contributed by atoms with van der Waals surface area (Å²) in [5.74, 6) is 0.884. The van der Waals surface area contributed by atoms with Crippen LogP contribution in [0.4, 0.5) is 0 Å². The molecule has 1 fully saturated rings. The Morgan fingerprint density at radius 2 is 2.13 bits per heavy atom. The van der Waals surface area contributed by atoms with E-state index in [1.807, 2.05) is 11.3 Å². The van der Waals surface area contributed by atoms with Gasteiger partial charge in [-0.25, -0.2) is 0 Å². The van der Waals surface area contributed by atoms with E-state index in [4.69, 9.17) is 5.73 Å². The van der Waals surface area contributed by atoms with E-state index in [2.05, 4.69) is 18.4 Å². The quantitative estimate of drug-likeness (QED) is 0.822. The SMILES string of the molecule is Cc1ccsc1C(N)CC1CCCCC1. The van der Waals surface area contributed by atoms with Gasteiger partial charge in [0.1, 0.15) is 0 Å². The smallest absolute Gasteiger partial charge is 0.0395 e. The molecule has 0 saturated heterocycles. The molecule has 1 aromatic rings. The molecule has 1 aliphatic rings. The first-order valence-electron chi connectivity index (χ1n) is 6.07. The predicted molar refractivity (Wildman–Crippen MR) is 67.2 cm³/mol. The highest BCUT2D eigenvalue weighted by Crippen LogP contribution is 2.33. The van der Waals surface area contributed by atoms with Crippen LogP contribution >= 0.6 is 11.3 Å². The van der Waals surface area contributed by atoms with Crippen molar-refractivity contribution in [2.45, 2.75) is 51.5 Å². The van der Waals surface area contributed by atoms with Crippen LogP contribution in [0.5, 0.6) is 0 Å². The van der Waals surface area contributed by atoms with Gasteiger partial charge in [0.05, 0.1) is 0 Å². The molecule has 1 atom stereocenters. The normalized spacial score (nSPS) is 20.4. The highest BCUT2D eigenvalue weighted by atomic mass is 32.1. The molecule has 1 saturated carbocycles. The number of aryl methyl sites for hydroxylation is 1. The Labute approximate surface area is 96.7 Å². The lowest BCUT2D eigenvalue weighted by atomic mass is 9.84. The van der Waals surface area contributed by atoms with Gasteiger partial charge < -0.3 is 5.73 Å². The van der Waals surface area contributed by atoms with E-state index in [1.165, 1.54) is 49.0 Å². The molecule has 84 valence electrons. The molecule has 15 heavy (non-hydrogen) atoms. The van der Waals surface area contributed by atoms with Crippen LogP contribution in [0.3, 0.4) is 0 Å². The summed E-state index contributed by atoms with van der Waals surface area (Å²) in [6.07, 6.45) is 8.27. The first-order valence-corrected chi connectivity index (χ1v) is 6.95. The zero-order valence-corrected chi connectivity index (χ0v) is 10.4. The van der Waals surface area contributed by atoms with Crippen molar-refractivity contribution in [1.82, 2.24) is 0 Å². The highest BCUT2D eigenvalue weighted by molar-refractivity contribution is 7.10. The largest absolute Gasteiger partial charge is 0.323 e. The Morgan fingerprint density at radius 3 is 2.73 bits per heavy atom. The third kappa shape index (κ3) is 2.82. The van der Waals surface area contributed by atoms with E-state index in [9.17, 15) is 0 Å². The maximum Gasteiger partial charge on any atom is 0.0395 e. The fourth-order valence-electron chi connectivity index (χ4n) is 2.65. The molecule has 0 radical (unpaired) electrons. The molecular weight excluding hydrogens is 202 g/mol. The molecule has 2 heteroatoms. The predicted octanol–water partition coefficient (Wildman–Crippen LogP) is 4.03. The van der Waals surface area contributed by atoms with Crippen molar-refractivity contribution in [2.24, 2.45) is 11.7 Å². The van der Waals surface area contributed by atoms with Gasteiger partial charge in [0.25, 0.3) is 0 Å². The zero-order valence-electron chi connectivity index (χ0n) is 9.54. The van der Waals surface area contributed by atoms with Gasteiger partial charge in [-0.15, -0.1) is 11.3 Å². The van der Waals surface area contributed by atoms with Crippen molar-refractivity contribution >= 4 is 11.3 Å². The van der Waals surface area contributed by atoms with Gasteiger partial charge >= 0.3 is 0 Å². The second-order valence-corrected chi connectivity index (χ2v) is 5.76. The Kier molecular flexibility index (Phi) is 3.81. The molecule has 1 heterocycles. The summed E-state index contributed by atoms with van der Waals surface area (Å²) in [7, 11) is 0. The molecule has 0 spiro atoms. The summed E-state index contributed by atoms with van der Waals surface area (Å²) >= 11 is 1.82. The molecule has 0 aromatic carbocycles. The van der Waals surface area contributed by atoms with Crippen molar-refractivity contribution < 1.29 is 0 Å². The monoisotopic (exact) mass is 223 g/mol. The van der Waals surface area contributed by atoms with E-state index in [-0.39, 0.29) is 6.04 Å². The maximum atomic E-state index is 6.28. The second-order valence-electron chi connectivity index (χ2n) is 4.81. The molecule has 1 aliphatic carbocycles. The lowest BCUT2D eigenvalue weighted by molar-refractivity contribution is 0.320. The minimum absolute atomic E-state index is 0.285. The van der Waals surface area contributed by atoms with E-state index in [0.29, 0.717) is 0 Å². The van der Waals surface area contributed by atoms with E-state index >= 15 is 0 Å². The van der Waals surface area contributed by atoms with E-state index in [0.717, 1.165) is 5.92 Å². The number of nitrogens with two attached hydrogens (primary N) is 1. The maximum absolute atomic E-state index is 6.28. The second kappa shape index (κ2) is 5.13. The standard InChI is InChI=1S/C13H21NS/c1-10-7-8-15-13(10)12(14)9-11-5-3-2-4-6-11/h7-8,11-12H,2-6,9,14H2,1H3. The van der Waals surface area contributed by atoms with Crippen LogP contribution in [0.1, 0.15) is 55.0 Å². The lowest BCUT2D eigenvalue weighted by Gasteiger charge is -2.24. The molecule has 1 nitrogen and oxygen atoms in total. The molecule has 2 N–H and O–H groups in total. The summed E-state index contributed by atoms with van der Waals surface area (Å²) in [4.78, 5) is 1.40. The molecule has 2 rings (SSSR count). The lowest BCUT2D eigenvalue weighted by Crippen LogP contribution is -2.17. The van der Waals surface area contributed by atoms with Crippen molar-refractivity contribution in [3.8, 4) is 0 Å².